The van der Waals surface area contributed by atoms with Gasteiger partial charge in [0.15, 0.2) is 11.6 Å². The minimum Gasteiger partial charge on any atom is -0.454 e. The van der Waals surface area contributed by atoms with Crippen LogP contribution in [0.15, 0.2) is 42.5 Å². The zero-order chi connectivity index (χ0) is 14.5. The molecule has 20 heavy (non-hydrogen) atoms. The van der Waals surface area contributed by atoms with Crippen molar-refractivity contribution in [2.75, 3.05) is 0 Å². The number of hydrogen-bond acceptors (Lipinski definition) is 2. The summed E-state index contributed by atoms with van der Waals surface area (Å²) in [6.07, 6.45) is 0. The fraction of sp³-hybridized carbons (Fsp3) is 0.250. The fourth-order valence-electron chi connectivity index (χ4n) is 1.70. The van der Waals surface area contributed by atoms with Gasteiger partial charge in [-0.3, -0.25) is 0 Å². The van der Waals surface area contributed by atoms with Gasteiger partial charge in [-0.25, -0.2) is 4.39 Å². The molecule has 0 saturated carbocycles. The van der Waals surface area contributed by atoms with Crippen LogP contribution < -0.4 is 10.1 Å². The molecule has 2 aromatic rings. The molecule has 0 aliphatic heterocycles. The smallest absolute Gasteiger partial charge is 0.165 e. The quantitative estimate of drug-likeness (QED) is 0.857. The van der Waals surface area contributed by atoms with Crippen LogP contribution in [-0.4, -0.2) is 6.04 Å². The average Bonchev–Trinajstić information content (AvgIpc) is 2.40. The van der Waals surface area contributed by atoms with E-state index in [1.807, 2.05) is 6.07 Å². The highest BCUT2D eigenvalue weighted by Crippen LogP contribution is 2.28. The molecule has 106 valence electrons. The summed E-state index contributed by atoms with van der Waals surface area (Å²) in [7, 11) is 0. The Morgan fingerprint density at radius 2 is 1.95 bits per heavy atom. The molecular formula is C16H17ClFNO. The Hall–Kier alpha value is -1.58. The molecule has 0 aliphatic carbocycles. The molecule has 0 bridgehead atoms. The zero-order valence-electron chi connectivity index (χ0n) is 11.5. The van der Waals surface area contributed by atoms with Crippen LogP contribution in [0.1, 0.15) is 19.4 Å². The van der Waals surface area contributed by atoms with Crippen molar-refractivity contribution in [1.29, 1.82) is 0 Å². The molecule has 0 saturated heterocycles. The maximum absolute atomic E-state index is 13.5. The van der Waals surface area contributed by atoms with Crippen molar-refractivity contribution in [3.63, 3.8) is 0 Å². The number of rotatable bonds is 5. The van der Waals surface area contributed by atoms with E-state index in [4.69, 9.17) is 16.3 Å². The number of para-hydroxylation sites is 1. The molecule has 2 aromatic carbocycles. The normalized spacial score (nSPS) is 10.8. The Balaban J connectivity index is 2.11. The van der Waals surface area contributed by atoms with Gasteiger partial charge in [0.1, 0.15) is 5.75 Å². The predicted molar refractivity (Wildman–Crippen MR) is 79.9 cm³/mol. The molecule has 0 unspecified atom stereocenters. The number of ether oxygens (including phenoxy) is 1. The van der Waals surface area contributed by atoms with Gasteiger partial charge in [0, 0.05) is 17.6 Å². The summed E-state index contributed by atoms with van der Waals surface area (Å²) in [4.78, 5) is 0. The first-order valence-electron chi connectivity index (χ1n) is 6.50. The van der Waals surface area contributed by atoms with E-state index in [1.165, 1.54) is 6.07 Å². The highest BCUT2D eigenvalue weighted by Gasteiger charge is 2.07. The first kappa shape index (κ1) is 14.8. The Morgan fingerprint density at radius 1 is 1.20 bits per heavy atom. The average molecular weight is 294 g/mol. The Kier molecular flexibility index (Phi) is 4.99. The monoisotopic (exact) mass is 293 g/mol. The third kappa shape index (κ3) is 3.95. The number of hydrogen-bond donors (Lipinski definition) is 1. The van der Waals surface area contributed by atoms with E-state index < -0.39 is 5.82 Å². The standard InChI is InChI=1S/C16H17ClFNO/c1-11(2)19-10-12-7-8-13(9-14(12)17)20-16-6-4-3-5-15(16)18/h3-9,11,19H,10H2,1-2H3. The molecule has 4 heteroatoms. The van der Waals surface area contributed by atoms with Crippen LogP contribution in [0.3, 0.4) is 0 Å². The summed E-state index contributed by atoms with van der Waals surface area (Å²) in [6.45, 7) is 4.84. The molecule has 0 fully saturated rings. The lowest BCUT2D eigenvalue weighted by molar-refractivity contribution is 0.442. The topological polar surface area (TPSA) is 21.3 Å². The number of benzene rings is 2. The van der Waals surface area contributed by atoms with Gasteiger partial charge in [-0.15, -0.1) is 0 Å². The van der Waals surface area contributed by atoms with Crippen molar-refractivity contribution >= 4 is 11.6 Å². The third-order valence-corrected chi connectivity index (χ3v) is 3.14. The molecule has 0 aromatic heterocycles. The van der Waals surface area contributed by atoms with Crippen molar-refractivity contribution in [2.24, 2.45) is 0 Å². The van der Waals surface area contributed by atoms with Gasteiger partial charge in [0.2, 0.25) is 0 Å². The van der Waals surface area contributed by atoms with Gasteiger partial charge in [-0.05, 0) is 29.8 Å². The predicted octanol–water partition coefficient (Wildman–Crippen LogP) is 4.77. The van der Waals surface area contributed by atoms with Crippen LogP contribution in [-0.2, 0) is 6.54 Å². The minimum atomic E-state index is -0.394. The van der Waals surface area contributed by atoms with Crippen LogP contribution >= 0.6 is 11.6 Å². The first-order chi connectivity index (χ1) is 9.56. The van der Waals surface area contributed by atoms with Crippen LogP contribution in [0.5, 0.6) is 11.5 Å². The van der Waals surface area contributed by atoms with Crippen molar-refractivity contribution in [3.05, 3.63) is 58.9 Å². The van der Waals surface area contributed by atoms with Crippen molar-refractivity contribution in [2.45, 2.75) is 26.4 Å². The highest BCUT2D eigenvalue weighted by atomic mass is 35.5. The van der Waals surface area contributed by atoms with Gasteiger partial charge < -0.3 is 10.1 Å². The van der Waals surface area contributed by atoms with E-state index in [2.05, 4.69) is 19.2 Å². The first-order valence-corrected chi connectivity index (χ1v) is 6.88. The largest absolute Gasteiger partial charge is 0.454 e. The Bertz CT molecular complexity index is 586. The molecule has 2 nitrogen and oxygen atoms in total. The second-order valence-electron chi connectivity index (χ2n) is 4.82. The van der Waals surface area contributed by atoms with E-state index in [-0.39, 0.29) is 5.75 Å². The van der Waals surface area contributed by atoms with E-state index in [0.717, 1.165) is 5.56 Å². The molecule has 0 aliphatic rings. The van der Waals surface area contributed by atoms with Gasteiger partial charge >= 0.3 is 0 Å². The molecule has 0 spiro atoms. The van der Waals surface area contributed by atoms with Gasteiger partial charge in [0.25, 0.3) is 0 Å². The molecular weight excluding hydrogens is 277 g/mol. The summed E-state index contributed by atoms with van der Waals surface area (Å²) in [6, 6.07) is 12.0. The third-order valence-electron chi connectivity index (χ3n) is 2.79. The van der Waals surface area contributed by atoms with E-state index in [0.29, 0.717) is 23.4 Å². The maximum atomic E-state index is 13.5. The van der Waals surface area contributed by atoms with E-state index >= 15 is 0 Å². The number of nitrogens with one attached hydrogen (secondary N) is 1. The molecule has 2 rings (SSSR count). The summed E-state index contributed by atoms with van der Waals surface area (Å²) in [5.74, 6) is 0.319. The van der Waals surface area contributed by atoms with Crippen LogP contribution in [0.4, 0.5) is 4.39 Å². The maximum Gasteiger partial charge on any atom is 0.165 e. The van der Waals surface area contributed by atoms with Crippen molar-refractivity contribution < 1.29 is 9.13 Å². The van der Waals surface area contributed by atoms with Crippen molar-refractivity contribution in [3.8, 4) is 11.5 Å². The zero-order valence-corrected chi connectivity index (χ0v) is 12.2. The van der Waals surface area contributed by atoms with Gasteiger partial charge in [-0.2, -0.15) is 0 Å². The Morgan fingerprint density at radius 3 is 2.60 bits per heavy atom. The van der Waals surface area contributed by atoms with Gasteiger partial charge in [-0.1, -0.05) is 43.6 Å². The molecule has 0 amide bonds. The lowest BCUT2D eigenvalue weighted by Crippen LogP contribution is -2.21. The molecule has 1 N–H and O–H groups in total. The second-order valence-corrected chi connectivity index (χ2v) is 5.23. The second kappa shape index (κ2) is 6.73. The number of halogens is 2. The summed E-state index contributed by atoms with van der Waals surface area (Å²) >= 11 is 6.21. The summed E-state index contributed by atoms with van der Waals surface area (Å²) in [5.41, 5.74) is 0.987. The lowest BCUT2D eigenvalue weighted by Gasteiger charge is -2.11. The van der Waals surface area contributed by atoms with Crippen LogP contribution in [0.25, 0.3) is 0 Å². The molecule has 0 heterocycles. The molecule has 0 radical (unpaired) electrons. The SMILES string of the molecule is CC(C)NCc1ccc(Oc2ccccc2F)cc1Cl. The lowest BCUT2D eigenvalue weighted by atomic mass is 10.2. The summed E-state index contributed by atoms with van der Waals surface area (Å²) < 4.78 is 19.0. The van der Waals surface area contributed by atoms with E-state index in [1.54, 1.807) is 30.3 Å². The van der Waals surface area contributed by atoms with Gasteiger partial charge in [0.05, 0.1) is 0 Å². The Labute approximate surface area is 123 Å². The van der Waals surface area contributed by atoms with Crippen molar-refractivity contribution in [1.82, 2.24) is 5.32 Å². The molecule has 0 atom stereocenters. The van der Waals surface area contributed by atoms with E-state index in [9.17, 15) is 4.39 Å². The fourth-order valence-corrected chi connectivity index (χ4v) is 1.94. The highest BCUT2D eigenvalue weighted by molar-refractivity contribution is 6.31. The van der Waals surface area contributed by atoms with Crippen LogP contribution in [0, 0.1) is 5.82 Å². The summed E-state index contributed by atoms with van der Waals surface area (Å²) in [5, 5.41) is 3.90. The van der Waals surface area contributed by atoms with Crippen LogP contribution in [0.2, 0.25) is 5.02 Å². The minimum absolute atomic E-state index is 0.191.